The van der Waals surface area contributed by atoms with Crippen molar-refractivity contribution in [1.82, 2.24) is 4.72 Å². The number of nitrogens with one attached hydrogen (secondary N) is 1. The zero-order valence-corrected chi connectivity index (χ0v) is 11.4. The number of benzene rings is 1. The third-order valence-corrected chi connectivity index (χ3v) is 5.02. The van der Waals surface area contributed by atoms with Crippen molar-refractivity contribution in [2.45, 2.75) is 37.1 Å². The number of halogens is 1. The molecule has 0 aliphatic heterocycles. The quantitative estimate of drug-likeness (QED) is 0.933. The molecule has 1 aliphatic carbocycles. The molecule has 0 saturated heterocycles. The molecular formula is C11H14BrNO2S. The fourth-order valence-electron chi connectivity index (χ4n) is 1.67. The highest BCUT2D eigenvalue weighted by Gasteiger charge is 2.25. The van der Waals surface area contributed by atoms with Gasteiger partial charge in [0, 0.05) is 10.5 Å². The van der Waals surface area contributed by atoms with Crippen LogP contribution < -0.4 is 4.72 Å². The van der Waals surface area contributed by atoms with E-state index in [1.54, 1.807) is 12.1 Å². The van der Waals surface area contributed by atoms with Crippen LogP contribution in [0.5, 0.6) is 0 Å². The van der Waals surface area contributed by atoms with Gasteiger partial charge < -0.3 is 0 Å². The molecular weight excluding hydrogens is 290 g/mol. The number of sulfonamides is 1. The van der Waals surface area contributed by atoms with Gasteiger partial charge in [0.1, 0.15) is 0 Å². The first-order valence-electron chi connectivity index (χ1n) is 5.27. The molecule has 16 heavy (non-hydrogen) atoms. The minimum atomic E-state index is -3.35. The van der Waals surface area contributed by atoms with E-state index in [9.17, 15) is 8.42 Å². The molecule has 88 valence electrons. The van der Waals surface area contributed by atoms with Crippen LogP contribution in [0.2, 0.25) is 0 Å². The Labute approximate surface area is 104 Å². The van der Waals surface area contributed by atoms with E-state index in [0.717, 1.165) is 29.3 Å². The summed E-state index contributed by atoms with van der Waals surface area (Å²) in [6.45, 7) is 1.81. The zero-order chi connectivity index (χ0) is 11.8. The van der Waals surface area contributed by atoms with Crippen molar-refractivity contribution in [3.63, 3.8) is 0 Å². The highest BCUT2D eigenvalue weighted by atomic mass is 79.9. The monoisotopic (exact) mass is 303 g/mol. The lowest BCUT2D eigenvalue weighted by molar-refractivity contribution is 0.383. The third kappa shape index (κ3) is 2.47. The van der Waals surface area contributed by atoms with E-state index in [4.69, 9.17) is 0 Å². The molecule has 0 heterocycles. The first-order valence-corrected chi connectivity index (χ1v) is 7.55. The molecule has 1 aliphatic rings. The van der Waals surface area contributed by atoms with E-state index in [1.807, 2.05) is 13.0 Å². The lowest BCUT2D eigenvalue weighted by Crippen LogP contribution is -2.39. The maximum atomic E-state index is 12.1. The Kier molecular flexibility index (Phi) is 3.37. The average molecular weight is 304 g/mol. The van der Waals surface area contributed by atoms with Crippen molar-refractivity contribution >= 4 is 26.0 Å². The first kappa shape index (κ1) is 12.1. The molecule has 1 fully saturated rings. The second kappa shape index (κ2) is 4.47. The number of rotatable bonds is 3. The minimum Gasteiger partial charge on any atom is -0.208 e. The van der Waals surface area contributed by atoms with Gasteiger partial charge in [-0.05, 0) is 37.5 Å². The predicted octanol–water partition coefficient (Wildman–Crippen LogP) is 2.59. The van der Waals surface area contributed by atoms with Gasteiger partial charge in [-0.2, -0.15) is 0 Å². The molecule has 0 bridgehead atoms. The molecule has 0 spiro atoms. The summed E-state index contributed by atoms with van der Waals surface area (Å²) >= 11 is 3.29. The lowest BCUT2D eigenvalue weighted by Gasteiger charge is -2.26. The van der Waals surface area contributed by atoms with Gasteiger partial charge in [0.15, 0.2) is 0 Å². The Morgan fingerprint density at radius 1 is 1.38 bits per heavy atom. The number of hydrogen-bond donors (Lipinski definition) is 1. The summed E-state index contributed by atoms with van der Waals surface area (Å²) in [5.41, 5.74) is 0.773. The van der Waals surface area contributed by atoms with Crippen LogP contribution in [0.25, 0.3) is 0 Å². The van der Waals surface area contributed by atoms with Gasteiger partial charge in [-0.15, -0.1) is 0 Å². The standard InChI is InChI=1S/C11H14BrNO2S/c1-8-5-6-9(12)7-11(8)16(14,15)13-10-3-2-4-10/h5-7,10,13H,2-4H2,1H3. The molecule has 0 atom stereocenters. The summed E-state index contributed by atoms with van der Waals surface area (Å²) in [6.07, 6.45) is 3.02. The van der Waals surface area contributed by atoms with Crippen LogP contribution in [-0.4, -0.2) is 14.5 Å². The van der Waals surface area contributed by atoms with Crippen molar-refractivity contribution in [2.75, 3.05) is 0 Å². The summed E-state index contributed by atoms with van der Waals surface area (Å²) in [4.78, 5) is 0.369. The van der Waals surface area contributed by atoms with Crippen LogP contribution in [0.3, 0.4) is 0 Å². The van der Waals surface area contributed by atoms with Crippen molar-refractivity contribution < 1.29 is 8.42 Å². The van der Waals surface area contributed by atoms with Crippen LogP contribution in [-0.2, 0) is 10.0 Å². The molecule has 1 N–H and O–H groups in total. The molecule has 0 aromatic heterocycles. The maximum absolute atomic E-state index is 12.1. The second-order valence-corrected chi connectivity index (χ2v) is 6.76. The summed E-state index contributed by atoms with van der Waals surface area (Å²) in [6, 6.07) is 5.43. The van der Waals surface area contributed by atoms with Gasteiger partial charge >= 0.3 is 0 Å². The van der Waals surface area contributed by atoms with Gasteiger partial charge in [0.25, 0.3) is 0 Å². The molecule has 0 radical (unpaired) electrons. The molecule has 1 aromatic carbocycles. The van der Waals surface area contributed by atoms with Gasteiger partial charge in [0.05, 0.1) is 4.90 Å². The van der Waals surface area contributed by atoms with Crippen LogP contribution >= 0.6 is 15.9 Å². The Morgan fingerprint density at radius 3 is 2.62 bits per heavy atom. The van der Waals surface area contributed by atoms with E-state index < -0.39 is 10.0 Å². The average Bonchev–Trinajstić information content (AvgIpc) is 2.16. The Bertz CT molecular complexity index is 495. The summed E-state index contributed by atoms with van der Waals surface area (Å²) in [5, 5.41) is 0. The topological polar surface area (TPSA) is 46.2 Å². The smallest absolute Gasteiger partial charge is 0.208 e. The fraction of sp³-hybridized carbons (Fsp3) is 0.455. The Balaban J connectivity index is 2.30. The molecule has 3 nitrogen and oxygen atoms in total. The van der Waals surface area contributed by atoms with Gasteiger partial charge in [-0.1, -0.05) is 28.4 Å². The molecule has 0 amide bonds. The summed E-state index contributed by atoms with van der Waals surface area (Å²) in [7, 11) is -3.35. The molecule has 1 saturated carbocycles. The largest absolute Gasteiger partial charge is 0.241 e. The van der Waals surface area contributed by atoms with Crippen molar-refractivity contribution in [3.05, 3.63) is 28.2 Å². The van der Waals surface area contributed by atoms with E-state index in [-0.39, 0.29) is 6.04 Å². The number of aryl methyl sites for hydroxylation is 1. The summed E-state index contributed by atoms with van der Waals surface area (Å²) in [5.74, 6) is 0. The molecule has 1 aromatic rings. The number of hydrogen-bond acceptors (Lipinski definition) is 2. The minimum absolute atomic E-state index is 0.128. The molecule has 2 rings (SSSR count). The molecule has 0 unspecified atom stereocenters. The van der Waals surface area contributed by atoms with Crippen molar-refractivity contribution in [2.24, 2.45) is 0 Å². The maximum Gasteiger partial charge on any atom is 0.241 e. The van der Waals surface area contributed by atoms with Gasteiger partial charge in [-0.3, -0.25) is 0 Å². The van der Waals surface area contributed by atoms with Crippen molar-refractivity contribution in [3.8, 4) is 0 Å². The van der Waals surface area contributed by atoms with Gasteiger partial charge in [0.2, 0.25) is 10.0 Å². The van der Waals surface area contributed by atoms with Crippen LogP contribution in [0.4, 0.5) is 0 Å². The lowest BCUT2D eigenvalue weighted by atomic mass is 9.94. The SMILES string of the molecule is Cc1ccc(Br)cc1S(=O)(=O)NC1CCC1. The predicted molar refractivity (Wildman–Crippen MR) is 66.8 cm³/mol. The highest BCUT2D eigenvalue weighted by molar-refractivity contribution is 9.10. The van der Waals surface area contributed by atoms with E-state index in [1.165, 1.54) is 0 Å². The van der Waals surface area contributed by atoms with E-state index in [0.29, 0.717) is 4.90 Å². The Morgan fingerprint density at radius 2 is 2.06 bits per heavy atom. The second-order valence-electron chi connectivity index (χ2n) is 4.16. The molecule has 5 heteroatoms. The van der Waals surface area contributed by atoms with Crippen molar-refractivity contribution in [1.29, 1.82) is 0 Å². The zero-order valence-electron chi connectivity index (χ0n) is 9.03. The van der Waals surface area contributed by atoms with E-state index in [2.05, 4.69) is 20.7 Å². The fourth-order valence-corrected chi connectivity index (χ4v) is 3.76. The van der Waals surface area contributed by atoms with Crippen LogP contribution in [0.1, 0.15) is 24.8 Å². The Hall–Kier alpha value is -0.390. The highest BCUT2D eigenvalue weighted by Crippen LogP contribution is 2.24. The normalized spacial score (nSPS) is 17.1. The third-order valence-electron chi connectivity index (χ3n) is 2.87. The summed E-state index contributed by atoms with van der Waals surface area (Å²) < 4.78 is 27.7. The van der Waals surface area contributed by atoms with E-state index >= 15 is 0 Å². The van der Waals surface area contributed by atoms with Gasteiger partial charge in [-0.25, -0.2) is 13.1 Å². The van der Waals surface area contributed by atoms with Crippen LogP contribution in [0, 0.1) is 6.92 Å². The first-order chi connectivity index (χ1) is 7.49. The van der Waals surface area contributed by atoms with Crippen LogP contribution in [0.15, 0.2) is 27.6 Å².